The third-order valence-electron chi connectivity index (χ3n) is 5.03. The lowest BCUT2D eigenvalue weighted by Crippen LogP contribution is -2.39. The normalized spacial score (nSPS) is 16.5. The summed E-state index contributed by atoms with van der Waals surface area (Å²) in [6.45, 7) is 1.58. The fraction of sp³-hybridized carbons (Fsp3) is 0.286. The molecule has 4 rings (SSSR count). The van der Waals surface area contributed by atoms with E-state index in [0.29, 0.717) is 11.3 Å². The van der Waals surface area contributed by atoms with Crippen LogP contribution >= 0.6 is 0 Å². The van der Waals surface area contributed by atoms with Crippen molar-refractivity contribution in [2.24, 2.45) is 0 Å². The van der Waals surface area contributed by atoms with E-state index in [0.717, 1.165) is 24.8 Å². The van der Waals surface area contributed by atoms with Gasteiger partial charge in [0.2, 0.25) is 0 Å². The molecule has 148 valence electrons. The first kappa shape index (κ1) is 18.8. The number of amides is 1. The number of aryl methyl sites for hydroxylation is 1. The lowest BCUT2D eigenvalue weighted by atomic mass is 9.87. The van der Waals surface area contributed by atoms with Crippen LogP contribution in [-0.4, -0.2) is 38.2 Å². The summed E-state index contributed by atoms with van der Waals surface area (Å²) in [6, 6.07) is 14.8. The maximum atomic E-state index is 12.6. The number of rotatable bonds is 5. The van der Waals surface area contributed by atoms with E-state index < -0.39 is 12.1 Å². The Kier molecular flexibility index (Phi) is 5.33. The Hall–Kier alpha value is -3.55. The molecule has 29 heavy (non-hydrogen) atoms. The first-order chi connectivity index (χ1) is 14.1. The molecule has 0 radical (unpaired) electrons. The molecule has 1 aromatic heterocycles. The Labute approximate surface area is 167 Å². The zero-order valence-corrected chi connectivity index (χ0v) is 16.0. The van der Waals surface area contributed by atoms with E-state index in [1.807, 2.05) is 18.2 Å². The Balaban J connectivity index is 1.41. The van der Waals surface area contributed by atoms with Crippen LogP contribution in [0.1, 0.15) is 47.3 Å². The highest BCUT2D eigenvalue weighted by molar-refractivity contribution is 5.92. The second-order valence-electron chi connectivity index (χ2n) is 7.00. The minimum atomic E-state index is -0.909. The van der Waals surface area contributed by atoms with Gasteiger partial charge in [-0.25, -0.2) is 9.48 Å². The van der Waals surface area contributed by atoms with Crippen LogP contribution in [0.15, 0.2) is 54.9 Å². The maximum Gasteiger partial charge on any atom is 0.338 e. The number of benzene rings is 2. The molecule has 1 aliphatic rings. The van der Waals surface area contributed by atoms with Gasteiger partial charge in [-0.1, -0.05) is 30.3 Å². The van der Waals surface area contributed by atoms with Gasteiger partial charge < -0.3 is 10.1 Å². The van der Waals surface area contributed by atoms with Gasteiger partial charge in [-0.05, 0) is 65.9 Å². The highest BCUT2D eigenvalue weighted by Gasteiger charge is 2.25. The van der Waals surface area contributed by atoms with Crippen molar-refractivity contribution < 1.29 is 14.3 Å². The van der Waals surface area contributed by atoms with Crippen molar-refractivity contribution in [3.05, 3.63) is 71.5 Å². The van der Waals surface area contributed by atoms with Gasteiger partial charge in [-0.2, -0.15) is 0 Å². The Morgan fingerprint density at radius 2 is 2.07 bits per heavy atom. The molecule has 2 aromatic carbocycles. The molecule has 0 unspecified atom stereocenters. The summed E-state index contributed by atoms with van der Waals surface area (Å²) < 4.78 is 6.83. The molecule has 0 aliphatic heterocycles. The van der Waals surface area contributed by atoms with Crippen LogP contribution < -0.4 is 5.32 Å². The molecule has 0 saturated heterocycles. The van der Waals surface area contributed by atoms with Gasteiger partial charge in [-0.3, -0.25) is 4.79 Å². The summed E-state index contributed by atoms with van der Waals surface area (Å²) in [6.07, 6.45) is 3.43. The van der Waals surface area contributed by atoms with Gasteiger partial charge in [0.25, 0.3) is 5.91 Å². The predicted molar refractivity (Wildman–Crippen MR) is 104 cm³/mol. The van der Waals surface area contributed by atoms with Gasteiger partial charge in [0.15, 0.2) is 6.10 Å². The number of hydrogen-bond donors (Lipinski definition) is 1. The molecule has 0 bridgehead atoms. The number of carbonyl (C=O) groups excluding carboxylic acids is 2. The molecule has 0 spiro atoms. The monoisotopic (exact) mass is 391 g/mol. The average molecular weight is 391 g/mol. The van der Waals surface area contributed by atoms with E-state index in [1.54, 1.807) is 31.2 Å². The zero-order valence-electron chi connectivity index (χ0n) is 16.0. The minimum Gasteiger partial charge on any atom is -0.449 e. The molecule has 8 nitrogen and oxygen atoms in total. The second kappa shape index (κ2) is 8.22. The van der Waals surface area contributed by atoms with Crippen LogP contribution in [-0.2, 0) is 16.0 Å². The fourth-order valence-electron chi connectivity index (χ4n) is 3.53. The standard InChI is InChI=1S/C21H21N5O3/c1-14(20(27)23-19-11-5-7-15-6-2-3-10-18(15)19)29-21(28)16-8-4-9-17(12-16)26-13-22-24-25-26/h2-4,6,8-10,12-14,19H,5,7,11H2,1H3,(H,23,27)/t14-,19-/m0/s1. The second-order valence-corrected chi connectivity index (χ2v) is 7.00. The lowest BCUT2D eigenvalue weighted by molar-refractivity contribution is -0.130. The van der Waals surface area contributed by atoms with Crippen LogP contribution in [0.4, 0.5) is 0 Å². The summed E-state index contributed by atoms with van der Waals surface area (Å²) in [4.78, 5) is 25.1. The van der Waals surface area contributed by atoms with E-state index in [4.69, 9.17) is 4.74 Å². The molecule has 8 heteroatoms. The van der Waals surface area contributed by atoms with Crippen LogP contribution in [0.2, 0.25) is 0 Å². The molecule has 2 atom stereocenters. The number of tetrazole rings is 1. The van der Waals surface area contributed by atoms with Crippen molar-refractivity contribution in [2.45, 2.75) is 38.3 Å². The number of hydrogen-bond acceptors (Lipinski definition) is 6. The first-order valence-corrected chi connectivity index (χ1v) is 9.54. The Morgan fingerprint density at radius 1 is 1.21 bits per heavy atom. The third kappa shape index (κ3) is 4.16. The molecule has 1 aliphatic carbocycles. The molecule has 1 amide bonds. The number of fused-ring (bicyclic) bond motifs is 1. The Bertz CT molecular complexity index is 1020. The largest absolute Gasteiger partial charge is 0.449 e. The summed E-state index contributed by atoms with van der Waals surface area (Å²) in [5.41, 5.74) is 3.34. The number of aromatic nitrogens is 4. The van der Waals surface area contributed by atoms with Crippen molar-refractivity contribution in [3.63, 3.8) is 0 Å². The molecule has 1 N–H and O–H groups in total. The van der Waals surface area contributed by atoms with E-state index in [-0.39, 0.29) is 11.9 Å². The summed E-state index contributed by atoms with van der Waals surface area (Å²) in [5.74, 6) is -0.886. The smallest absolute Gasteiger partial charge is 0.338 e. The molecule has 0 saturated carbocycles. The molecular formula is C21H21N5O3. The zero-order chi connectivity index (χ0) is 20.2. The maximum absolute atomic E-state index is 12.6. The molecule has 1 heterocycles. The quantitative estimate of drug-likeness (QED) is 0.671. The van der Waals surface area contributed by atoms with Crippen molar-refractivity contribution in [1.29, 1.82) is 0 Å². The fourth-order valence-corrected chi connectivity index (χ4v) is 3.53. The topological polar surface area (TPSA) is 99.0 Å². The van der Waals surface area contributed by atoms with E-state index >= 15 is 0 Å². The summed E-state index contributed by atoms with van der Waals surface area (Å²) in [5, 5.41) is 14.0. The minimum absolute atomic E-state index is 0.0586. The number of carbonyl (C=O) groups is 2. The first-order valence-electron chi connectivity index (χ1n) is 9.54. The van der Waals surface area contributed by atoms with Crippen LogP contribution in [0.5, 0.6) is 0 Å². The number of esters is 1. The van der Waals surface area contributed by atoms with Crippen LogP contribution in [0, 0.1) is 0 Å². The van der Waals surface area contributed by atoms with Gasteiger partial charge in [-0.15, -0.1) is 5.10 Å². The number of nitrogens with zero attached hydrogens (tertiary/aromatic N) is 4. The molecule has 3 aromatic rings. The SMILES string of the molecule is C[C@H](OC(=O)c1cccc(-n2cnnn2)c1)C(=O)N[C@H]1CCCc2ccccc21. The predicted octanol–water partition coefficient (Wildman–Crippen LogP) is 2.40. The highest BCUT2D eigenvalue weighted by Crippen LogP contribution is 2.29. The van der Waals surface area contributed by atoms with Crippen molar-refractivity contribution >= 4 is 11.9 Å². The average Bonchev–Trinajstić information content (AvgIpc) is 3.29. The van der Waals surface area contributed by atoms with Crippen molar-refractivity contribution in [1.82, 2.24) is 25.5 Å². The molecular weight excluding hydrogens is 370 g/mol. The van der Waals surface area contributed by atoms with Gasteiger partial charge >= 0.3 is 5.97 Å². The van der Waals surface area contributed by atoms with Crippen LogP contribution in [0.3, 0.4) is 0 Å². The van der Waals surface area contributed by atoms with Gasteiger partial charge in [0.1, 0.15) is 6.33 Å². The van der Waals surface area contributed by atoms with Crippen molar-refractivity contribution in [3.8, 4) is 5.69 Å². The third-order valence-corrected chi connectivity index (χ3v) is 5.03. The van der Waals surface area contributed by atoms with E-state index in [2.05, 4.69) is 26.9 Å². The summed E-state index contributed by atoms with van der Waals surface area (Å²) >= 11 is 0. The van der Waals surface area contributed by atoms with Crippen molar-refractivity contribution in [2.75, 3.05) is 0 Å². The highest BCUT2D eigenvalue weighted by atomic mass is 16.5. The Morgan fingerprint density at radius 3 is 2.90 bits per heavy atom. The molecule has 0 fully saturated rings. The van der Waals surface area contributed by atoms with Crippen LogP contribution in [0.25, 0.3) is 5.69 Å². The number of ether oxygens (including phenoxy) is 1. The lowest BCUT2D eigenvalue weighted by Gasteiger charge is -2.27. The summed E-state index contributed by atoms with van der Waals surface area (Å²) in [7, 11) is 0. The van der Waals surface area contributed by atoms with Gasteiger partial charge in [0.05, 0.1) is 17.3 Å². The van der Waals surface area contributed by atoms with E-state index in [1.165, 1.54) is 16.6 Å². The van der Waals surface area contributed by atoms with Gasteiger partial charge in [0, 0.05) is 0 Å². The van der Waals surface area contributed by atoms with E-state index in [9.17, 15) is 9.59 Å². The number of nitrogens with one attached hydrogen (secondary N) is 1.